The largest absolute Gasteiger partial charge is 0.467 e. The van der Waals surface area contributed by atoms with E-state index in [9.17, 15) is 18.0 Å². The number of hydrogen-bond acceptors (Lipinski definition) is 3. The maximum Gasteiger partial charge on any atom is 0.433 e. The van der Waals surface area contributed by atoms with Gasteiger partial charge in [-0.05, 0) is 32.9 Å². The first-order chi connectivity index (χ1) is 10.1. The van der Waals surface area contributed by atoms with Crippen LogP contribution in [-0.4, -0.2) is 15.7 Å². The standard InChI is InChI=1S/C14H16F3N3O2/c1-13(2,3)20-11(14(15,16)17)10(8-19-20)12(21)18-7-9-5-4-6-22-9/h4-6,8H,7H2,1-3H3,(H,18,21). The van der Waals surface area contributed by atoms with Gasteiger partial charge in [-0.3, -0.25) is 9.48 Å². The summed E-state index contributed by atoms with van der Waals surface area (Å²) in [5.41, 5.74) is -2.46. The van der Waals surface area contributed by atoms with Gasteiger partial charge >= 0.3 is 6.18 Å². The van der Waals surface area contributed by atoms with Crippen LogP contribution < -0.4 is 5.32 Å². The highest BCUT2D eigenvalue weighted by atomic mass is 19.4. The van der Waals surface area contributed by atoms with E-state index in [4.69, 9.17) is 4.42 Å². The van der Waals surface area contributed by atoms with E-state index in [2.05, 4.69) is 10.4 Å². The molecule has 2 heterocycles. The molecule has 0 bridgehead atoms. The van der Waals surface area contributed by atoms with Crippen molar-refractivity contribution in [3.05, 3.63) is 41.6 Å². The lowest BCUT2D eigenvalue weighted by molar-refractivity contribution is -0.146. The molecule has 0 saturated heterocycles. The van der Waals surface area contributed by atoms with Crippen LogP contribution in [-0.2, 0) is 18.3 Å². The summed E-state index contributed by atoms with van der Waals surface area (Å²) < 4.78 is 45.7. The average molecular weight is 315 g/mol. The molecule has 0 radical (unpaired) electrons. The Morgan fingerprint density at radius 1 is 1.36 bits per heavy atom. The molecule has 1 N–H and O–H groups in total. The molecule has 0 atom stereocenters. The second-order valence-corrected chi connectivity index (χ2v) is 5.75. The molecule has 2 rings (SSSR count). The van der Waals surface area contributed by atoms with Gasteiger partial charge in [-0.2, -0.15) is 18.3 Å². The predicted molar refractivity (Wildman–Crippen MR) is 72.1 cm³/mol. The number of rotatable bonds is 3. The molecule has 1 amide bonds. The minimum atomic E-state index is -4.68. The van der Waals surface area contributed by atoms with Crippen LogP contribution in [0.1, 0.15) is 42.6 Å². The number of nitrogens with one attached hydrogen (secondary N) is 1. The van der Waals surface area contributed by atoms with E-state index in [1.165, 1.54) is 6.26 Å². The second kappa shape index (κ2) is 5.51. The Labute approximate surface area is 125 Å². The summed E-state index contributed by atoms with van der Waals surface area (Å²) in [5.74, 6) is -0.399. The molecule has 120 valence electrons. The third-order valence-corrected chi connectivity index (χ3v) is 2.92. The van der Waals surface area contributed by atoms with E-state index >= 15 is 0 Å². The summed E-state index contributed by atoms with van der Waals surface area (Å²) in [4.78, 5) is 12.0. The van der Waals surface area contributed by atoms with Gasteiger partial charge in [0.25, 0.3) is 5.91 Å². The molecule has 5 nitrogen and oxygen atoms in total. The molecule has 0 aliphatic rings. The molecular formula is C14H16F3N3O2. The van der Waals surface area contributed by atoms with Gasteiger partial charge in [0.2, 0.25) is 0 Å². The first-order valence-electron chi connectivity index (χ1n) is 6.57. The van der Waals surface area contributed by atoms with Crippen LogP contribution in [0.2, 0.25) is 0 Å². The number of furan rings is 1. The van der Waals surface area contributed by atoms with Crippen molar-refractivity contribution < 1.29 is 22.4 Å². The Balaban J connectivity index is 2.30. The molecule has 0 spiro atoms. The lowest BCUT2D eigenvalue weighted by Gasteiger charge is -2.23. The van der Waals surface area contributed by atoms with Crippen molar-refractivity contribution in [3.8, 4) is 0 Å². The lowest BCUT2D eigenvalue weighted by Crippen LogP contribution is -2.31. The van der Waals surface area contributed by atoms with Crippen LogP contribution in [0.15, 0.2) is 29.0 Å². The van der Waals surface area contributed by atoms with Gasteiger partial charge in [-0.25, -0.2) is 0 Å². The smallest absolute Gasteiger partial charge is 0.433 e. The van der Waals surface area contributed by atoms with E-state index in [-0.39, 0.29) is 6.54 Å². The van der Waals surface area contributed by atoms with Crippen molar-refractivity contribution in [1.82, 2.24) is 15.1 Å². The molecule has 0 aromatic carbocycles. The zero-order valence-corrected chi connectivity index (χ0v) is 12.4. The lowest BCUT2D eigenvalue weighted by atomic mass is 10.1. The van der Waals surface area contributed by atoms with Crippen LogP contribution in [0.3, 0.4) is 0 Å². The molecule has 2 aromatic rings. The van der Waals surface area contributed by atoms with Gasteiger partial charge in [0.1, 0.15) is 5.76 Å². The number of carbonyl (C=O) groups excluding carboxylic acids is 1. The van der Waals surface area contributed by atoms with Gasteiger partial charge in [-0.15, -0.1) is 0 Å². The molecule has 0 saturated carbocycles. The van der Waals surface area contributed by atoms with Gasteiger partial charge in [0.05, 0.1) is 30.1 Å². The molecule has 0 fully saturated rings. The molecular weight excluding hydrogens is 299 g/mol. The topological polar surface area (TPSA) is 60.1 Å². The summed E-state index contributed by atoms with van der Waals surface area (Å²) >= 11 is 0. The van der Waals surface area contributed by atoms with Crippen molar-refractivity contribution >= 4 is 5.91 Å². The van der Waals surface area contributed by atoms with E-state index in [0.29, 0.717) is 5.76 Å². The Morgan fingerprint density at radius 2 is 2.05 bits per heavy atom. The number of alkyl halides is 3. The highest BCUT2D eigenvalue weighted by molar-refractivity contribution is 5.95. The molecule has 0 unspecified atom stereocenters. The fourth-order valence-electron chi connectivity index (χ4n) is 1.97. The van der Waals surface area contributed by atoms with Gasteiger partial charge in [0.15, 0.2) is 5.69 Å². The summed E-state index contributed by atoms with van der Waals surface area (Å²) in [6.45, 7) is 4.75. The number of amides is 1. The third kappa shape index (κ3) is 3.32. The highest BCUT2D eigenvalue weighted by Crippen LogP contribution is 2.34. The maximum atomic E-state index is 13.3. The van der Waals surface area contributed by atoms with Gasteiger partial charge in [-0.1, -0.05) is 0 Å². The zero-order chi connectivity index (χ0) is 16.5. The van der Waals surface area contributed by atoms with E-state index < -0.39 is 28.9 Å². The fourth-order valence-corrected chi connectivity index (χ4v) is 1.97. The van der Waals surface area contributed by atoms with Crippen LogP contribution in [0, 0.1) is 0 Å². The van der Waals surface area contributed by atoms with Crippen LogP contribution in [0.5, 0.6) is 0 Å². The summed E-state index contributed by atoms with van der Waals surface area (Å²) in [5, 5.41) is 6.12. The van der Waals surface area contributed by atoms with Crippen LogP contribution >= 0.6 is 0 Å². The predicted octanol–water partition coefficient (Wildman–Crippen LogP) is 3.18. The van der Waals surface area contributed by atoms with Crippen molar-refractivity contribution in [2.45, 2.75) is 39.0 Å². The number of carbonyl (C=O) groups is 1. The summed E-state index contributed by atoms with van der Waals surface area (Å²) in [6.07, 6.45) is -2.33. The molecule has 0 aliphatic carbocycles. The zero-order valence-electron chi connectivity index (χ0n) is 12.4. The van der Waals surface area contributed by atoms with Crippen molar-refractivity contribution in [1.29, 1.82) is 0 Å². The minimum Gasteiger partial charge on any atom is -0.467 e. The number of aromatic nitrogens is 2. The van der Waals surface area contributed by atoms with Crippen molar-refractivity contribution in [2.24, 2.45) is 0 Å². The molecule has 0 aliphatic heterocycles. The normalized spacial score (nSPS) is 12.5. The SMILES string of the molecule is CC(C)(C)n1ncc(C(=O)NCc2ccco2)c1C(F)(F)F. The quantitative estimate of drug-likeness (QED) is 0.946. The number of hydrogen-bond donors (Lipinski definition) is 1. The maximum absolute atomic E-state index is 13.3. The fraction of sp³-hybridized carbons (Fsp3) is 0.429. The van der Waals surface area contributed by atoms with E-state index in [0.717, 1.165) is 10.9 Å². The van der Waals surface area contributed by atoms with Crippen molar-refractivity contribution in [2.75, 3.05) is 0 Å². The monoisotopic (exact) mass is 315 g/mol. The Morgan fingerprint density at radius 3 is 2.55 bits per heavy atom. The van der Waals surface area contributed by atoms with E-state index in [1.807, 2.05) is 0 Å². The van der Waals surface area contributed by atoms with Gasteiger partial charge in [0, 0.05) is 0 Å². The second-order valence-electron chi connectivity index (χ2n) is 5.75. The van der Waals surface area contributed by atoms with E-state index in [1.54, 1.807) is 32.9 Å². The molecule has 22 heavy (non-hydrogen) atoms. The molecule has 8 heteroatoms. The van der Waals surface area contributed by atoms with Crippen molar-refractivity contribution in [3.63, 3.8) is 0 Å². The average Bonchev–Trinajstić information content (AvgIpc) is 3.03. The Kier molecular flexibility index (Phi) is 4.04. The molecule has 2 aromatic heterocycles. The van der Waals surface area contributed by atoms with Crippen LogP contribution in [0.25, 0.3) is 0 Å². The number of nitrogens with zero attached hydrogens (tertiary/aromatic N) is 2. The van der Waals surface area contributed by atoms with Crippen LogP contribution in [0.4, 0.5) is 13.2 Å². The minimum absolute atomic E-state index is 0.00380. The highest BCUT2D eigenvalue weighted by Gasteiger charge is 2.42. The third-order valence-electron chi connectivity index (χ3n) is 2.92. The van der Waals surface area contributed by atoms with Gasteiger partial charge < -0.3 is 9.73 Å². The number of halogens is 3. The first-order valence-corrected chi connectivity index (χ1v) is 6.57. The summed E-state index contributed by atoms with van der Waals surface area (Å²) in [6, 6.07) is 3.24. The summed E-state index contributed by atoms with van der Waals surface area (Å²) in [7, 11) is 0. The first kappa shape index (κ1) is 16.1. The Bertz CT molecular complexity index is 652. The Hall–Kier alpha value is -2.25.